The zero-order valence-corrected chi connectivity index (χ0v) is 12.2. The molecule has 1 nitrogen and oxygen atoms in total. The van der Waals surface area contributed by atoms with Gasteiger partial charge in [0.2, 0.25) is 0 Å². The molecule has 1 rings (SSSR count). The number of nitrogens with one attached hydrogen (secondary N) is 1. The number of hydrogen-bond acceptors (Lipinski definition) is 1. The summed E-state index contributed by atoms with van der Waals surface area (Å²) in [5.41, 5.74) is 4.29. The van der Waals surface area contributed by atoms with Crippen LogP contribution in [0.3, 0.4) is 0 Å². The normalized spacial score (nSPS) is 15.0. The van der Waals surface area contributed by atoms with Gasteiger partial charge in [0.1, 0.15) is 0 Å². The van der Waals surface area contributed by atoms with E-state index < -0.39 is 0 Å². The van der Waals surface area contributed by atoms with Crippen molar-refractivity contribution in [3.8, 4) is 0 Å². The van der Waals surface area contributed by atoms with Gasteiger partial charge in [-0.1, -0.05) is 45.9 Å². The molecule has 0 heterocycles. The zero-order valence-electron chi connectivity index (χ0n) is 12.2. The lowest BCUT2D eigenvalue weighted by Gasteiger charge is -2.30. The van der Waals surface area contributed by atoms with Gasteiger partial charge in [0.15, 0.2) is 0 Å². The molecule has 0 amide bonds. The zero-order chi connectivity index (χ0) is 13.0. The molecule has 0 aliphatic rings. The second kappa shape index (κ2) is 6.20. The molecule has 0 aromatic heterocycles. The van der Waals surface area contributed by atoms with E-state index >= 15 is 0 Å². The van der Waals surface area contributed by atoms with Crippen LogP contribution in [0.25, 0.3) is 0 Å². The fourth-order valence-corrected chi connectivity index (χ4v) is 2.29. The molecule has 0 saturated carbocycles. The van der Waals surface area contributed by atoms with E-state index in [0.29, 0.717) is 17.9 Å². The van der Waals surface area contributed by atoms with Crippen molar-refractivity contribution in [2.24, 2.45) is 11.8 Å². The lowest BCUT2D eigenvalue weighted by atomic mass is 9.83. The topological polar surface area (TPSA) is 12.0 Å². The van der Waals surface area contributed by atoms with Crippen molar-refractivity contribution in [1.29, 1.82) is 0 Å². The van der Waals surface area contributed by atoms with Crippen molar-refractivity contribution < 1.29 is 0 Å². The average molecular weight is 233 g/mol. The Balaban J connectivity index is 3.09. The Bertz CT molecular complexity index is 355. The van der Waals surface area contributed by atoms with E-state index in [-0.39, 0.29) is 0 Å². The molecule has 2 unspecified atom stereocenters. The minimum absolute atomic E-state index is 0.472. The Morgan fingerprint density at radius 1 is 1.12 bits per heavy atom. The predicted octanol–water partition coefficient (Wildman–Crippen LogP) is 4.25. The van der Waals surface area contributed by atoms with Crippen LogP contribution in [0.15, 0.2) is 18.2 Å². The minimum Gasteiger partial charge on any atom is -0.310 e. The van der Waals surface area contributed by atoms with Crippen molar-refractivity contribution >= 4 is 0 Å². The summed E-state index contributed by atoms with van der Waals surface area (Å²) in [7, 11) is 0. The second-order valence-corrected chi connectivity index (χ2v) is 5.43. The molecule has 1 N–H and O–H groups in total. The van der Waals surface area contributed by atoms with Gasteiger partial charge in [0.25, 0.3) is 0 Å². The third-order valence-corrected chi connectivity index (χ3v) is 3.98. The molecular formula is C16H27N. The molecule has 96 valence electrons. The summed E-state index contributed by atoms with van der Waals surface area (Å²) < 4.78 is 0. The third kappa shape index (κ3) is 3.32. The summed E-state index contributed by atoms with van der Waals surface area (Å²) >= 11 is 0. The van der Waals surface area contributed by atoms with Crippen LogP contribution in [-0.2, 0) is 0 Å². The fourth-order valence-electron chi connectivity index (χ4n) is 2.29. The Morgan fingerprint density at radius 2 is 1.76 bits per heavy atom. The highest BCUT2D eigenvalue weighted by Crippen LogP contribution is 2.30. The molecule has 0 aliphatic heterocycles. The molecular weight excluding hydrogens is 206 g/mol. The highest BCUT2D eigenvalue weighted by Gasteiger charge is 2.22. The van der Waals surface area contributed by atoms with Crippen LogP contribution in [0, 0.1) is 25.7 Å². The van der Waals surface area contributed by atoms with Crippen LogP contribution in [0.4, 0.5) is 0 Å². The SMILES string of the molecule is CCNC(c1cccc(C)c1C)C(C)C(C)C. The van der Waals surface area contributed by atoms with Crippen LogP contribution in [0.5, 0.6) is 0 Å². The van der Waals surface area contributed by atoms with E-state index in [9.17, 15) is 0 Å². The third-order valence-electron chi connectivity index (χ3n) is 3.98. The first-order valence-corrected chi connectivity index (χ1v) is 6.78. The first-order chi connectivity index (χ1) is 7.99. The average Bonchev–Trinajstić information content (AvgIpc) is 2.29. The highest BCUT2D eigenvalue weighted by atomic mass is 14.9. The van der Waals surface area contributed by atoms with Gasteiger partial charge in [-0.05, 0) is 48.9 Å². The molecule has 0 bridgehead atoms. The molecule has 1 heteroatoms. The predicted molar refractivity (Wildman–Crippen MR) is 76.3 cm³/mol. The van der Waals surface area contributed by atoms with Crippen LogP contribution in [0.1, 0.15) is 50.4 Å². The van der Waals surface area contributed by atoms with Crippen molar-refractivity contribution in [1.82, 2.24) is 5.32 Å². The van der Waals surface area contributed by atoms with Gasteiger partial charge in [-0.3, -0.25) is 0 Å². The highest BCUT2D eigenvalue weighted by molar-refractivity contribution is 5.35. The Morgan fingerprint density at radius 3 is 2.29 bits per heavy atom. The van der Waals surface area contributed by atoms with E-state index in [4.69, 9.17) is 0 Å². The summed E-state index contributed by atoms with van der Waals surface area (Å²) in [4.78, 5) is 0. The standard InChI is InChI=1S/C16H27N/c1-7-17-16(13(5)11(2)3)15-10-8-9-12(4)14(15)6/h8-11,13,16-17H,7H2,1-6H3. The summed E-state index contributed by atoms with van der Waals surface area (Å²) in [5.74, 6) is 1.34. The Hall–Kier alpha value is -0.820. The van der Waals surface area contributed by atoms with Crippen LogP contribution >= 0.6 is 0 Å². The summed E-state index contributed by atoms with van der Waals surface area (Å²) in [6.45, 7) is 14.6. The van der Waals surface area contributed by atoms with Gasteiger partial charge in [-0.15, -0.1) is 0 Å². The molecule has 1 aromatic carbocycles. The largest absolute Gasteiger partial charge is 0.310 e. The molecule has 1 aromatic rings. The van der Waals surface area contributed by atoms with E-state index in [1.54, 1.807) is 0 Å². The fraction of sp³-hybridized carbons (Fsp3) is 0.625. The lowest BCUT2D eigenvalue weighted by Crippen LogP contribution is -2.30. The summed E-state index contributed by atoms with van der Waals surface area (Å²) in [6, 6.07) is 7.12. The van der Waals surface area contributed by atoms with Crippen molar-refractivity contribution in [2.75, 3.05) is 6.54 Å². The van der Waals surface area contributed by atoms with E-state index in [2.05, 4.69) is 65.1 Å². The van der Waals surface area contributed by atoms with Crippen LogP contribution in [0.2, 0.25) is 0 Å². The minimum atomic E-state index is 0.472. The van der Waals surface area contributed by atoms with E-state index in [1.807, 2.05) is 0 Å². The molecule has 0 aliphatic carbocycles. The molecule has 0 fully saturated rings. The molecule has 17 heavy (non-hydrogen) atoms. The van der Waals surface area contributed by atoms with E-state index in [0.717, 1.165) is 6.54 Å². The van der Waals surface area contributed by atoms with Crippen molar-refractivity contribution in [2.45, 2.75) is 47.6 Å². The molecule has 0 radical (unpaired) electrons. The van der Waals surface area contributed by atoms with Crippen molar-refractivity contribution in [3.05, 3.63) is 34.9 Å². The number of aryl methyl sites for hydroxylation is 1. The van der Waals surface area contributed by atoms with Gasteiger partial charge in [0, 0.05) is 6.04 Å². The molecule has 0 saturated heterocycles. The number of rotatable bonds is 5. The monoisotopic (exact) mass is 233 g/mol. The second-order valence-electron chi connectivity index (χ2n) is 5.43. The summed E-state index contributed by atoms with van der Waals surface area (Å²) in [6.07, 6.45) is 0. The smallest absolute Gasteiger partial charge is 0.0351 e. The number of hydrogen-bond donors (Lipinski definition) is 1. The van der Waals surface area contributed by atoms with Gasteiger partial charge < -0.3 is 5.32 Å². The molecule has 0 spiro atoms. The first-order valence-electron chi connectivity index (χ1n) is 6.78. The maximum absolute atomic E-state index is 3.65. The summed E-state index contributed by atoms with van der Waals surface area (Å²) in [5, 5.41) is 3.65. The molecule has 2 atom stereocenters. The van der Waals surface area contributed by atoms with Crippen LogP contribution in [-0.4, -0.2) is 6.54 Å². The maximum Gasteiger partial charge on any atom is 0.0351 e. The van der Waals surface area contributed by atoms with Gasteiger partial charge >= 0.3 is 0 Å². The Kier molecular flexibility index (Phi) is 5.20. The quantitative estimate of drug-likeness (QED) is 0.802. The van der Waals surface area contributed by atoms with Crippen molar-refractivity contribution in [3.63, 3.8) is 0 Å². The Labute approximate surface area is 107 Å². The van der Waals surface area contributed by atoms with Gasteiger partial charge in [-0.25, -0.2) is 0 Å². The van der Waals surface area contributed by atoms with Gasteiger partial charge in [-0.2, -0.15) is 0 Å². The number of benzene rings is 1. The van der Waals surface area contributed by atoms with Gasteiger partial charge in [0.05, 0.1) is 0 Å². The lowest BCUT2D eigenvalue weighted by molar-refractivity contribution is 0.306. The first kappa shape index (κ1) is 14.2. The van der Waals surface area contributed by atoms with Crippen LogP contribution < -0.4 is 5.32 Å². The van der Waals surface area contributed by atoms with E-state index in [1.165, 1.54) is 16.7 Å². The maximum atomic E-state index is 3.65.